The van der Waals surface area contributed by atoms with E-state index in [0.29, 0.717) is 31.3 Å². The zero-order valence-electron chi connectivity index (χ0n) is 15.5. The van der Waals surface area contributed by atoms with Crippen LogP contribution in [0.3, 0.4) is 0 Å². The molecule has 1 saturated heterocycles. The summed E-state index contributed by atoms with van der Waals surface area (Å²) in [6.07, 6.45) is 2.88. The molecule has 0 radical (unpaired) electrons. The third-order valence-corrected chi connectivity index (χ3v) is 5.32. The van der Waals surface area contributed by atoms with E-state index >= 15 is 0 Å². The second-order valence-corrected chi connectivity index (χ2v) is 7.08. The van der Waals surface area contributed by atoms with E-state index in [1.807, 2.05) is 42.5 Å². The Bertz CT molecular complexity index is 1070. The molecule has 2 aromatic carbocycles. The summed E-state index contributed by atoms with van der Waals surface area (Å²) < 4.78 is 1.21. The van der Waals surface area contributed by atoms with Crippen LogP contribution in [0.25, 0.3) is 10.8 Å². The molecule has 1 aliphatic heterocycles. The standard InChI is InChI=1S/C22H21N3O3/c26-20(15-25-22(28)19-9-5-4-8-18(19)14-23-25)24-12-10-17(11-13-24)21(27)16-6-2-1-3-7-16/h1-9,14,17H,10-13,15H2. The number of benzene rings is 2. The van der Waals surface area contributed by atoms with Crippen LogP contribution in [-0.2, 0) is 11.3 Å². The zero-order valence-corrected chi connectivity index (χ0v) is 15.5. The minimum Gasteiger partial charge on any atom is -0.341 e. The molecule has 3 aromatic rings. The van der Waals surface area contributed by atoms with Gasteiger partial charge in [0.05, 0.1) is 11.6 Å². The minimum absolute atomic E-state index is 0.0621. The first-order valence-corrected chi connectivity index (χ1v) is 9.45. The number of rotatable bonds is 4. The highest BCUT2D eigenvalue weighted by Crippen LogP contribution is 2.22. The highest BCUT2D eigenvalue weighted by atomic mass is 16.2. The Morgan fingerprint density at radius 1 is 0.964 bits per heavy atom. The molecule has 28 heavy (non-hydrogen) atoms. The fourth-order valence-electron chi connectivity index (χ4n) is 3.70. The first kappa shape index (κ1) is 18.1. The van der Waals surface area contributed by atoms with E-state index in [1.54, 1.807) is 23.2 Å². The smallest absolute Gasteiger partial charge is 0.275 e. The Morgan fingerprint density at radius 2 is 1.64 bits per heavy atom. The topological polar surface area (TPSA) is 72.3 Å². The Balaban J connectivity index is 1.40. The van der Waals surface area contributed by atoms with Gasteiger partial charge in [-0.3, -0.25) is 14.4 Å². The number of ketones is 1. The van der Waals surface area contributed by atoms with E-state index in [-0.39, 0.29) is 29.7 Å². The number of carbonyl (C=O) groups is 2. The summed E-state index contributed by atoms with van der Waals surface area (Å²) in [6, 6.07) is 16.5. The maximum absolute atomic E-state index is 12.6. The Morgan fingerprint density at radius 3 is 2.39 bits per heavy atom. The third-order valence-electron chi connectivity index (χ3n) is 5.32. The summed E-state index contributed by atoms with van der Waals surface area (Å²) in [5, 5.41) is 5.44. The molecule has 6 nitrogen and oxygen atoms in total. The van der Waals surface area contributed by atoms with Crippen molar-refractivity contribution in [3.63, 3.8) is 0 Å². The summed E-state index contributed by atoms with van der Waals surface area (Å²) in [4.78, 5) is 39.5. The van der Waals surface area contributed by atoms with E-state index < -0.39 is 0 Å². The van der Waals surface area contributed by atoms with Crippen LogP contribution in [-0.4, -0.2) is 39.5 Å². The highest BCUT2D eigenvalue weighted by Gasteiger charge is 2.28. The number of piperidine rings is 1. The van der Waals surface area contributed by atoms with Gasteiger partial charge in [0.25, 0.3) is 5.56 Å². The van der Waals surface area contributed by atoms with Gasteiger partial charge in [0.2, 0.25) is 5.91 Å². The lowest BCUT2D eigenvalue weighted by molar-refractivity contribution is -0.133. The van der Waals surface area contributed by atoms with Crippen LogP contribution < -0.4 is 5.56 Å². The van der Waals surface area contributed by atoms with Crippen LogP contribution in [0.4, 0.5) is 0 Å². The van der Waals surface area contributed by atoms with Crippen molar-refractivity contribution in [3.05, 3.63) is 76.7 Å². The fraction of sp³-hybridized carbons (Fsp3) is 0.273. The molecule has 1 aliphatic rings. The predicted molar refractivity (Wildman–Crippen MR) is 106 cm³/mol. The Labute approximate surface area is 162 Å². The van der Waals surface area contributed by atoms with E-state index in [0.717, 1.165) is 10.9 Å². The molecule has 4 rings (SSSR count). The lowest BCUT2D eigenvalue weighted by atomic mass is 9.89. The number of likely N-dealkylation sites (tertiary alicyclic amines) is 1. The molecule has 0 saturated carbocycles. The zero-order chi connectivity index (χ0) is 19.5. The summed E-state index contributed by atoms with van der Waals surface area (Å²) in [5.74, 6) is -0.0661. The highest BCUT2D eigenvalue weighted by molar-refractivity contribution is 5.98. The van der Waals surface area contributed by atoms with Crippen molar-refractivity contribution < 1.29 is 9.59 Å². The molecular weight excluding hydrogens is 354 g/mol. The predicted octanol–water partition coefficient (Wildman–Crippen LogP) is 2.52. The van der Waals surface area contributed by atoms with Gasteiger partial charge in [0, 0.05) is 30.0 Å². The summed E-state index contributed by atoms with van der Waals surface area (Å²) >= 11 is 0. The number of carbonyl (C=O) groups excluding carboxylic acids is 2. The number of Topliss-reactive ketones (excluding diaryl/α,β-unsaturated/α-hetero) is 1. The van der Waals surface area contributed by atoms with Crippen molar-refractivity contribution in [3.8, 4) is 0 Å². The number of fused-ring (bicyclic) bond motifs is 1. The molecule has 0 bridgehead atoms. The lowest BCUT2D eigenvalue weighted by Gasteiger charge is -2.31. The van der Waals surface area contributed by atoms with Crippen molar-refractivity contribution in [1.82, 2.24) is 14.7 Å². The van der Waals surface area contributed by atoms with Crippen LogP contribution in [0.15, 0.2) is 65.6 Å². The van der Waals surface area contributed by atoms with Crippen LogP contribution >= 0.6 is 0 Å². The van der Waals surface area contributed by atoms with Crippen LogP contribution in [0.2, 0.25) is 0 Å². The molecular formula is C22H21N3O3. The summed E-state index contributed by atoms with van der Waals surface area (Å²) in [5.41, 5.74) is 0.458. The molecule has 2 heterocycles. The van der Waals surface area contributed by atoms with Gasteiger partial charge < -0.3 is 4.90 Å². The van der Waals surface area contributed by atoms with Gasteiger partial charge in [-0.15, -0.1) is 0 Å². The average molecular weight is 375 g/mol. The van der Waals surface area contributed by atoms with Gasteiger partial charge in [0.1, 0.15) is 6.54 Å². The minimum atomic E-state index is -0.263. The van der Waals surface area contributed by atoms with Crippen LogP contribution in [0.5, 0.6) is 0 Å². The summed E-state index contributed by atoms with van der Waals surface area (Å²) in [6.45, 7) is 0.954. The summed E-state index contributed by atoms with van der Waals surface area (Å²) in [7, 11) is 0. The fourth-order valence-corrected chi connectivity index (χ4v) is 3.70. The number of hydrogen-bond donors (Lipinski definition) is 0. The molecule has 1 aromatic heterocycles. The number of nitrogens with zero attached hydrogens (tertiary/aromatic N) is 3. The average Bonchev–Trinajstić information content (AvgIpc) is 2.76. The van der Waals surface area contributed by atoms with Crippen molar-refractivity contribution in [2.75, 3.05) is 13.1 Å². The molecule has 6 heteroatoms. The quantitative estimate of drug-likeness (QED) is 0.657. The molecule has 0 aliphatic carbocycles. The van der Waals surface area contributed by atoms with Gasteiger partial charge in [-0.25, -0.2) is 4.68 Å². The van der Waals surface area contributed by atoms with E-state index in [9.17, 15) is 14.4 Å². The van der Waals surface area contributed by atoms with Crippen molar-refractivity contribution >= 4 is 22.5 Å². The van der Waals surface area contributed by atoms with Gasteiger partial charge in [-0.05, 0) is 18.9 Å². The van der Waals surface area contributed by atoms with Gasteiger partial charge in [-0.1, -0.05) is 48.5 Å². The number of hydrogen-bond acceptors (Lipinski definition) is 4. The SMILES string of the molecule is O=C(c1ccccc1)C1CCN(C(=O)Cn2ncc3ccccc3c2=O)CC1. The van der Waals surface area contributed by atoms with Gasteiger partial charge >= 0.3 is 0 Å². The largest absolute Gasteiger partial charge is 0.341 e. The van der Waals surface area contributed by atoms with Crippen molar-refractivity contribution in [2.24, 2.45) is 5.92 Å². The molecule has 0 unspecified atom stereocenters. The van der Waals surface area contributed by atoms with Crippen molar-refractivity contribution in [1.29, 1.82) is 0 Å². The van der Waals surface area contributed by atoms with Crippen LogP contribution in [0, 0.1) is 5.92 Å². The van der Waals surface area contributed by atoms with Crippen LogP contribution in [0.1, 0.15) is 23.2 Å². The molecule has 0 spiro atoms. The molecule has 0 N–H and O–H groups in total. The molecule has 0 atom stereocenters. The van der Waals surface area contributed by atoms with Gasteiger partial charge in [0.15, 0.2) is 5.78 Å². The van der Waals surface area contributed by atoms with Crippen molar-refractivity contribution in [2.45, 2.75) is 19.4 Å². The first-order chi connectivity index (χ1) is 13.6. The normalized spacial score (nSPS) is 14.9. The van der Waals surface area contributed by atoms with E-state index in [2.05, 4.69) is 5.10 Å². The maximum atomic E-state index is 12.6. The first-order valence-electron chi connectivity index (χ1n) is 9.45. The van der Waals surface area contributed by atoms with E-state index in [4.69, 9.17) is 0 Å². The lowest BCUT2D eigenvalue weighted by Crippen LogP contribution is -2.43. The van der Waals surface area contributed by atoms with Gasteiger partial charge in [-0.2, -0.15) is 5.10 Å². The maximum Gasteiger partial charge on any atom is 0.275 e. The second-order valence-electron chi connectivity index (χ2n) is 7.08. The molecule has 1 amide bonds. The number of amides is 1. The number of aromatic nitrogens is 2. The Kier molecular flexibility index (Phi) is 5.02. The van der Waals surface area contributed by atoms with E-state index in [1.165, 1.54) is 4.68 Å². The third kappa shape index (κ3) is 3.58. The molecule has 142 valence electrons. The second kappa shape index (κ2) is 7.76. The Hall–Kier alpha value is -3.28. The molecule has 1 fully saturated rings. The monoisotopic (exact) mass is 375 g/mol.